The van der Waals surface area contributed by atoms with Gasteiger partial charge in [0, 0.05) is 54.5 Å². The third-order valence-corrected chi connectivity index (χ3v) is 7.12. The average Bonchev–Trinajstić information content (AvgIpc) is 3.32. The van der Waals surface area contributed by atoms with Crippen LogP contribution in [0.5, 0.6) is 11.5 Å². The van der Waals surface area contributed by atoms with Crippen LogP contribution in [-0.2, 0) is 5.75 Å². The lowest BCUT2D eigenvalue weighted by Gasteiger charge is -2.32. The van der Waals surface area contributed by atoms with Crippen LogP contribution in [0.3, 0.4) is 0 Å². The summed E-state index contributed by atoms with van der Waals surface area (Å²) in [5.74, 6) is 2.41. The quantitative estimate of drug-likeness (QED) is 0.298. The lowest BCUT2D eigenvalue weighted by Crippen LogP contribution is -2.41. The van der Waals surface area contributed by atoms with E-state index in [0.29, 0.717) is 19.7 Å². The Morgan fingerprint density at radius 1 is 1.00 bits per heavy atom. The fourth-order valence-electron chi connectivity index (χ4n) is 4.27. The summed E-state index contributed by atoms with van der Waals surface area (Å²) in [6, 6.07) is 21.7. The lowest BCUT2D eigenvalue weighted by atomic mass is 10.1. The van der Waals surface area contributed by atoms with Gasteiger partial charge in [-0.1, -0.05) is 18.2 Å². The Balaban J connectivity index is 1.12. The second-order valence-electron chi connectivity index (χ2n) is 8.50. The third-order valence-electron chi connectivity index (χ3n) is 6.07. The predicted octanol–water partition coefficient (Wildman–Crippen LogP) is 5.71. The summed E-state index contributed by atoms with van der Waals surface area (Å²) in [6.45, 7) is 3.94. The summed E-state index contributed by atoms with van der Waals surface area (Å²) in [7, 11) is 0. The molecule has 180 valence electrons. The van der Waals surface area contributed by atoms with Crippen LogP contribution >= 0.6 is 11.8 Å². The largest absolute Gasteiger partial charge is 0.490 e. The molecule has 3 heterocycles. The number of ether oxygens (including phenoxy) is 2. The zero-order valence-electron chi connectivity index (χ0n) is 19.8. The molecule has 5 rings (SSSR count). The molecule has 7 heteroatoms. The summed E-state index contributed by atoms with van der Waals surface area (Å²) in [5, 5.41) is 0. The van der Waals surface area contributed by atoms with Crippen LogP contribution in [0.2, 0.25) is 0 Å². The van der Waals surface area contributed by atoms with Crippen molar-refractivity contribution < 1.29 is 14.3 Å². The van der Waals surface area contributed by atoms with Crippen molar-refractivity contribution in [2.45, 2.75) is 36.5 Å². The number of rotatable bonds is 8. The zero-order valence-corrected chi connectivity index (χ0v) is 20.6. The smallest absolute Gasteiger partial charge is 0.253 e. The van der Waals surface area contributed by atoms with E-state index in [2.05, 4.69) is 11.2 Å². The highest BCUT2D eigenvalue weighted by Crippen LogP contribution is 2.30. The zero-order chi connectivity index (χ0) is 24.0. The molecule has 6 nitrogen and oxygen atoms in total. The number of aromatic nitrogens is 2. The van der Waals surface area contributed by atoms with Gasteiger partial charge in [0.1, 0.15) is 11.8 Å². The number of para-hydroxylation sites is 2. The van der Waals surface area contributed by atoms with Gasteiger partial charge >= 0.3 is 0 Å². The van der Waals surface area contributed by atoms with E-state index in [4.69, 9.17) is 9.47 Å². The molecule has 1 saturated heterocycles. The first-order valence-corrected chi connectivity index (χ1v) is 13.0. The molecule has 0 atom stereocenters. The SMILES string of the molecule is CCOc1ccccc1OC1CCN(C(=O)c2ccc(SCc3cn4ccccc4n3)cc2)CC1. The molecule has 1 fully saturated rings. The van der Waals surface area contributed by atoms with Gasteiger partial charge in [0.2, 0.25) is 0 Å². The van der Waals surface area contributed by atoms with Crippen molar-refractivity contribution in [3.8, 4) is 11.5 Å². The molecule has 0 aliphatic carbocycles. The van der Waals surface area contributed by atoms with Crippen molar-refractivity contribution >= 4 is 23.3 Å². The maximum atomic E-state index is 13.0. The highest BCUT2D eigenvalue weighted by atomic mass is 32.2. The second kappa shape index (κ2) is 10.9. The molecule has 2 aromatic carbocycles. The summed E-state index contributed by atoms with van der Waals surface area (Å²) >= 11 is 1.72. The van der Waals surface area contributed by atoms with Crippen LogP contribution in [0.15, 0.2) is 84.0 Å². The fourth-order valence-corrected chi connectivity index (χ4v) is 5.05. The second-order valence-corrected chi connectivity index (χ2v) is 9.55. The normalized spacial score (nSPS) is 14.3. The topological polar surface area (TPSA) is 56.1 Å². The number of benzene rings is 2. The molecule has 0 N–H and O–H groups in total. The number of hydrogen-bond donors (Lipinski definition) is 0. The van der Waals surface area contributed by atoms with Gasteiger partial charge in [0.05, 0.1) is 12.3 Å². The van der Waals surface area contributed by atoms with Crippen molar-refractivity contribution in [1.29, 1.82) is 0 Å². The van der Waals surface area contributed by atoms with E-state index in [0.717, 1.165) is 51.9 Å². The van der Waals surface area contributed by atoms with E-state index in [-0.39, 0.29) is 12.0 Å². The van der Waals surface area contributed by atoms with Crippen LogP contribution in [0, 0.1) is 0 Å². The summed E-state index contributed by atoms with van der Waals surface area (Å²) in [6.07, 6.45) is 5.76. The number of thioether (sulfide) groups is 1. The van der Waals surface area contributed by atoms with Crippen molar-refractivity contribution in [2.75, 3.05) is 19.7 Å². The number of carbonyl (C=O) groups is 1. The number of likely N-dealkylation sites (tertiary alicyclic amines) is 1. The monoisotopic (exact) mass is 487 g/mol. The molecule has 0 saturated carbocycles. The number of pyridine rings is 1. The van der Waals surface area contributed by atoms with Crippen molar-refractivity contribution in [3.05, 3.63) is 90.4 Å². The molecule has 4 aromatic rings. The van der Waals surface area contributed by atoms with Crippen LogP contribution in [0.1, 0.15) is 35.8 Å². The highest BCUT2D eigenvalue weighted by molar-refractivity contribution is 7.98. The van der Waals surface area contributed by atoms with Gasteiger partial charge < -0.3 is 18.8 Å². The van der Waals surface area contributed by atoms with E-state index in [1.807, 2.05) is 89.2 Å². The minimum absolute atomic E-state index is 0.0788. The first kappa shape index (κ1) is 23.3. The van der Waals surface area contributed by atoms with Crippen molar-refractivity contribution in [2.24, 2.45) is 0 Å². The summed E-state index contributed by atoms with van der Waals surface area (Å²) in [5.41, 5.74) is 2.72. The number of imidazole rings is 1. The van der Waals surface area contributed by atoms with Crippen LogP contribution < -0.4 is 9.47 Å². The number of piperidine rings is 1. The standard InChI is InChI=1S/C28H29N3O3S/c1-2-33-25-7-3-4-8-26(25)34-23-14-17-30(18-15-23)28(32)21-10-12-24(13-11-21)35-20-22-19-31-16-6-5-9-27(31)29-22/h3-13,16,19,23H,2,14-15,17-18,20H2,1H3. The molecule has 1 aliphatic heterocycles. The summed E-state index contributed by atoms with van der Waals surface area (Å²) in [4.78, 5) is 20.7. The van der Waals surface area contributed by atoms with Crippen molar-refractivity contribution in [1.82, 2.24) is 14.3 Å². The Morgan fingerprint density at radius 3 is 2.49 bits per heavy atom. The Kier molecular flexibility index (Phi) is 7.23. The van der Waals surface area contributed by atoms with Gasteiger partial charge in [-0.15, -0.1) is 11.8 Å². The van der Waals surface area contributed by atoms with E-state index in [1.165, 1.54) is 0 Å². The number of nitrogens with zero attached hydrogens (tertiary/aromatic N) is 3. The molecule has 0 radical (unpaired) electrons. The van der Waals surface area contributed by atoms with Crippen LogP contribution in [0.4, 0.5) is 0 Å². The van der Waals surface area contributed by atoms with Gasteiger partial charge in [-0.25, -0.2) is 4.98 Å². The number of amides is 1. The number of hydrogen-bond acceptors (Lipinski definition) is 5. The Hall–Kier alpha value is -3.45. The summed E-state index contributed by atoms with van der Waals surface area (Å²) < 4.78 is 13.9. The van der Waals surface area contributed by atoms with Crippen LogP contribution in [0.25, 0.3) is 5.65 Å². The van der Waals surface area contributed by atoms with Crippen LogP contribution in [-0.4, -0.2) is 46.0 Å². The molecule has 1 aliphatic rings. The van der Waals surface area contributed by atoms with Gasteiger partial charge in [-0.2, -0.15) is 0 Å². The minimum Gasteiger partial charge on any atom is -0.490 e. The number of carbonyl (C=O) groups excluding carboxylic acids is 1. The van der Waals surface area contributed by atoms with E-state index < -0.39 is 0 Å². The molecule has 0 spiro atoms. The first-order valence-electron chi connectivity index (χ1n) is 12.0. The molecule has 35 heavy (non-hydrogen) atoms. The highest BCUT2D eigenvalue weighted by Gasteiger charge is 2.25. The van der Waals surface area contributed by atoms with Gasteiger partial charge in [-0.3, -0.25) is 4.79 Å². The van der Waals surface area contributed by atoms with E-state index in [9.17, 15) is 4.79 Å². The van der Waals surface area contributed by atoms with E-state index >= 15 is 0 Å². The Morgan fingerprint density at radius 2 is 1.74 bits per heavy atom. The fraction of sp³-hybridized carbons (Fsp3) is 0.286. The number of fused-ring (bicyclic) bond motifs is 1. The van der Waals surface area contributed by atoms with Gasteiger partial charge in [0.25, 0.3) is 5.91 Å². The lowest BCUT2D eigenvalue weighted by molar-refractivity contribution is 0.0589. The first-order chi connectivity index (χ1) is 17.2. The Labute approximate surface area is 209 Å². The predicted molar refractivity (Wildman–Crippen MR) is 138 cm³/mol. The van der Waals surface area contributed by atoms with Gasteiger partial charge in [-0.05, 0) is 55.5 Å². The third kappa shape index (κ3) is 5.62. The minimum atomic E-state index is 0.0788. The molecule has 1 amide bonds. The Bertz CT molecular complexity index is 1250. The van der Waals surface area contributed by atoms with E-state index in [1.54, 1.807) is 11.8 Å². The maximum Gasteiger partial charge on any atom is 0.253 e. The molecular formula is C28H29N3O3S. The molecule has 2 aromatic heterocycles. The molecular weight excluding hydrogens is 458 g/mol. The van der Waals surface area contributed by atoms with Gasteiger partial charge in [0.15, 0.2) is 11.5 Å². The molecule has 0 unspecified atom stereocenters. The maximum absolute atomic E-state index is 13.0. The average molecular weight is 488 g/mol. The van der Waals surface area contributed by atoms with Crippen molar-refractivity contribution in [3.63, 3.8) is 0 Å². The molecule has 0 bridgehead atoms.